The maximum atomic E-state index is 11.9. The molecule has 6 heteroatoms. The minimum absolute atomic E-state index is 0.281. The standard InChI is InChI=1S/C11H13N3O3/c12-9(15)6-8(14-11(13)17)10(16)7-4-2-1-3-5-7/h1-5,8H,6H2,(H2,12,15)(H3,13,14,17). The highest BCUT2D eigenvalue weighted by molar-refractivity contribution is 6.03. The lowest BCUT2D eigenvalue weighted by Crippen LogP contribution is -2.45. The molecule has 0 radical (unpaired) electrons. The van der Waals surface area contributed by atoms with E-state index in [1.54, 1.807) is 30.3 Å². The lowest BCUT2D eigenvalue weighted by molar-refractivity contribution is -0.118. The van der Waals surface area contributed by atoms with Crippen LogP contribution in [0.2, 0.25) is 0 Å². The van der Waals surface area contributed by atoms with Gasteiger partial charge < -0.3 is 16.8 Å². The summed E-state index contributed by atoms with van der Waals surface area (Å²) in [5.74, 6) is -1.09. The highest BCUT2D eigenvalue weighted by Gasteiger charge is 2.22. The first kappa shape index (κ1) is 12.7. The number of hydrogen-bond donors (Lipinski definition) is 3. The molecule has 0 aromatic heterocycles. The van der Waals surface area contributed by atoms with E-state index in [1.807, 2.05) is 0 Å². The van der Waals surface area contributed by atoms with Gasteiger partial charge in [-0.25, -0.2) is 4.79 Å². The van der Waals surface area contributed by atoms with Crippen LogP contribution in [0.25, 0.3) is 0 Å². The number of ketones is 1. The van der Waals surface area contributed by atoms with E-state index in [9.17, 15) is 14.4 Å². The van der Waals surface area contributed by atoms with Gasteiger partial charge in [0.15, 0.2) is 5.78 Å². The van der Waals surface area contributed by atoms with Crippen LogP contribution in [0.4, 0.5) is 4.79 Å². The summed E-state index contributed by atoms with van der Waals surface area (Å²) >= 11 is 0. The first-order valence-corrected chi connectivity index (χ1v) is 4.94. The van der Waals surface area contributed by atoms with E-state index in [0.717, 1.165) is 0 Å². The number of carbonyl (C=O) groups excluding carboxylic acids is 3. The number of primary amides is 2. The summed E-state index contributed by atoms with van der Waals surface area (Å²) in [6.45, 7) is 0. The van der Waals surface area contributed by atoms with Crippen LogP contribution in [0.5, 0.6) is 0 Å². The van der Waals surface area contributed by atoms with Crippen molar-refractivity contribution < 1.29 is 14.4 Å². The van der Waals surface area contributed by atoms with Crippen molar-refractivity contribution in [3.8, 4) is 0 Å². The lowest BCUT2D eigenvalue weighted by atomic mass is 10.0. The molecule has 17 heavy (non-hydrogen) atoms. The van der Waals surface area contributed by atoms with E-state index >= 15 is 0 Å². The number of urea groups is 1. The van der Waals surface area contributed by atoms with Crippen molar-refractivity contribution in [2.24, 2.45) is 11.5 Å². The molecular weight excluding hydrogens is 222 g/mol. The molecule has 0 aliphatic rings. The molecule has 5 N–H and O–H groups in total. The van der Waals surface area contributed by atoms with Crippen LogP contribution in [0, 0.1) is 0 Å². The quantitative estimate of drug-likeness (QED) is 0.613. The number of nitrogens with two attached hydrogens (primary N) is 2. The van der Waals surface area contributed by atoms with Crippen LogP contribution in [0.3, 0.4) is 0 Å². The molecule has 1 aromatic carbocycles. The topological polar surface area (TPSA) is 115 Å². The Morgan fingerprint density at radius 3 is 2.18 bits per heavy atom. The van der Waals surface area contributed by atoms with Crippen molar-refractivity contribution in [2.45, 2.75) is 12.5 Å². The molecule has 1 aromatic rings. The van der Waals surface area contributed by atoms with E-state index < -0.39 is 23.8 Å². The first-order chi connectivity index (χ1) is 8.00. The summed E-state index contributed by atoms with van der Waals surface area (Å²) < 4.78 is 0. The van der Waals surface area contributed by atoms with Gasteiger partial charge in [-0.05, 0) is 0 Å². The number of Topliss-reactive ketones (excluding diaryl/α,β-unsaturated/α-hetero) is 1. The van der Waals surface area contributed by atoms with Gasteiger partial charge in [0, 0.05) is 5.56 Å². The summed E-state index contributed by atoms with van der Waals surface area (Å²) in [5.41, 5.74) is 10.3. The SMILES string of the molecule is NC(=O)CC(NC(N)=O)C(=O)c1ccccc1. The summed E-state index contributed by atoms with van der Waals surface area (Å²) in [4.78, 5) is 33.5. The second kappa shape index (κ2) is 5.64. The molecule has 1 unspecified atom stereocenters. The third kappa shape index (κ3) is 3.94. The van der Waals surface area contributed by atoms with Gasteiger partial charge in [0.25, 0.3) is 0 Å². The zero-order valence-electron chi connectivity index (χ0n) is 9.05. The minimum atomic E-state index is -1.02. The summed E-state index contributed by atoms with van der Waals surface area (Å²) in [6.07, 6.45) is -0.281. The molecule has 0 bridgehead atoms. The van der Waals surface area contributed by atoms with Crippen LogP contribution in [0.15, 0.2) is 30.3 Å². The Morgan fingerprint density at radius 1 is 1.12 bits per heavy atom. The Kier molecular flexibility index (Phi) is 4.21. The second-order valence-electron chi connectivity index (χ2n) is 3.46. The summed E-state index contributed by atoms with van der Waals surface area (Å²) in [7, 11) is 0. The van der Waals surface area contributed by atoms with E-state index in [-0.39, 0.29) is 6.42 Å². The van der Waals surface area contributed by atoms with Crippen LogP contribution in [0.1, 0.15) is 16.8 Å². The molecular formula is C11H13N3O3. The highest BCUT2D eigenvalue weighted by atomic mass is 16.2. The Morgan fingerprint density at radius 2 is 1.71 bits per heavy atom. The van der Waals surface area contributed by atoms with Crippen molar-refractivity contribution in [1.29, 1.82) is 0 Å². The lowest BCUT2D eigenvalue weighted by Gasteiger charge is -2.14. The van der Waals surface area contributed by atoms with Gasteiger partial charge in [-0.15, -0.1) is 0 Å². The predicted octanol–water partition coefficient (Wildman–Crippen LogP) is -0.218. The number of benzene rings is 1. The predicted molar refractivity (Wildman–Crippen MR) is 61.1 cm³/mol. The molecule has 0 spiro atoms. The van der Waals surface area contributed by atoms with Crippen LogP contribution in [-0.2, 0) is 4.79 Å². The monoisotopic (exact) mass is 235 g/mol. The van der Waals surface area contributed by atoms with Crippen molar-refractivity contribution in [3.05, 3.63) is 35.9 Å². The molecule has 0 aliphatic carbocycles. The second-order valence-corrected chi connectivity index (χ2v) is 3.46. The Labute approximate surface area is 98.0 Å². The normalized spacial score (nSPS) is 11.5. The first-order valence-electron chi connectivity index (χ1n) is 4.94. The molecule has 0 saturated heterocycles. The third-order valence-electron chi connectivity index (χ3n) is 2.10. The molecule has 0 saturated carbocycles. The van der Waals surface area contributed by atoms with E-state index in [0.29, 0.717) is 5.56 Å². The van der Waals surface area contributed by atoms with Crippen molar-refractivity contribution in [1.82, 2.24) is 5.32 Å². The van der Waals surface area contributed by atoms with Gasteiger partial charge in [-0.2, -0.15) is 0 Å². The fourth-order valence-electron chi connectivity index (χ4n) is 1.39. The molecule has 3 amide bonds. The summed E-state index contributed by atoms with van der Waals surface area (Å²) in [6, 6.07) is 6.38. The smallest absolute Gasteiger partial charge is 0.312 e. The largest absolute Gasteiger partial charge is 0.370 e. The van der Waals surface area contributed by atoms with E-state index in [2.05, 4.69) is 5.32 Å². The van der Waals surface area contributed by atoms with Crippen LogP contribution in [-0.4, -0.2) is 23.8 Å². The van der Waals surface area contributed by atoms with Gasteiger partial charge >= 0.3 is 6.03 Å². The molecule has 1 rings (SSSR count). The third-order valence-corrected chi connectivity index (χ3v) is 2.10. The number of nitrogens with one attached hydrogen (secondary N) is 1. The number of rotatable bonds is 5. The minimum Gasteiger partial charge on any atom is -0.370 e. The fraction of sp³-hybridized carbons (Fsp3) is 0.182. The Hall–Kier alpha value is -2.37. The highest BCUT2D eigenvalue weighted by Crippen LogP contribution is 2.06. The molecule has 0 fully saturated rings. The van der Waals surface area contributed by atoms with Gasteiger partial charge in [0.1, 0.15) is 6.04 Å². The molecule has 6 nitrogen and oxygen atoms in total. The fourth-order valence-corrected chi connectivity index (χ4v) is 1.39. The number of amides is 3. The Balaban J connectivity index is 2.86. The summed E-state index contributed by atoms with van der Waals surface area (Å²) in [5, 5.41) is 2.20. The van der Waals surface area contributed by atoms with E-state index in [4.69, 9.17) is 11.5 Å². The van der Waals surface area contributed by atoms with Crippen LogP contribution >= 0.6 is 0 Å². The molecule has 0 aliphatic heterocycles. The van der Waals surface area contributed by atoms with E-state index in [1.165, 1.54) is 0 Å². The van der Waals surface area contributed by atoms with Crippen LogP contribution < -0.4 is 16.8 Å². The van der Waals surface area contributed by atoms with Crippen molar-refractivity contribution >= 4 is 17.7 Å². The van der Waals surface area contributed by atoms with Crippen molar-refractivity contribution in [2.75, 3.05) is 0 Å². The van der Waals surface area contributed by atoms with Gasteiger partial charge in [-0.3, -0.25) is 9.59 Å². The van der Waals surface area contributed by atoms with Crippen molar-refractivity contribution in [3.63, 3.8) is 0 Å². The molecule has 0 heterocycles. The van der Waals surface area contributed by atoms with Gasteiger partial charge in [0.05, 0.1) is 6.42 Å². The van der Waals surface area contributed by atoms with Gasteiger partial charge in [-0.1, -0.05) is 30.3 Å². The zero-order valence-corrected chi connectivity index (χ0v) is 9.05. The number of hydrogen-bond acceptors (Lipinski definition) is 3. The number of carbonyl (C=O) groups is 3. The maximum Gasteiger partial charge on any atom is 0.312 e. The molecule has 1 atom stereocenters. The maximum absolute atomic E-state index is 11.9. The molecule has 90 valence electrons. The Bertz CT molecular complexity index is 415. The van der Waals surface area contributed by atoms with Gasteiger partial charge in [0.2, 0.25) is 5.91 Å². The zero-order chi connectivity index (χ0) is 12.8. The average molecular weight is 235 g/mol. The average Bonchev–Trinajstić information content (AvgIpc) is 2.27.